The Morgan fingerprint density at radius 1 is 1.00 bits per heavy atom. The fourth-order valence-corrected chi connectivity index (χ4v) is 3.62. The second-order valence-electron chi connectivity index (χ2n) is 6.83. The summed E-state index contributed by atoms with van der Waals surface area (Å²) in [7, 11) is 0. The molecule has 0 spiro atoms. The molecule has 1 N–H and O–H groups in total. The van der Waals surface area contributed by atoms with Gasteiger partial charge in [-0.2, -0.15) is 0 Å². The minimum absolute atomic E-state index is 0.0468. The summed E-state index contributed by atoms with van der Waals surface area (Å²) in [5.74, 6) is 0. The number of hydrogen-bond donors (Lipinski definition) is 1. The zero-order chi connectivity index (χ0) is 20.2. The van der Waals surface area contributed by atoms with Gasteiger partial charge in [0.05, 0.1) is 10.0 Å². The van der Waals surface area contributed by atoms with Crippen LogP contribution in [0.1, 0.15) is 18.5 Å². The predicted octanol–water partition coefficient (Wildman–Crippen LogP) is 4.29. The number of nitrogens with zero attached hydrogens (tertiary/aromatic N) is 3. The monoisotopic (exact) mass is 432 g/mol. The number of ether oxygens (including phenoxy) is 2. The maximum absolute atomic E-state index is 6.10. The highest BCUT2D eigenvalue weighted by Gasteiger charge is 2.26. The molecule has 4 rings (SSSR count). The summed E-state index contributed by atoms with van der Waals surface area (Å²) < 4.78 is 11.3. The molecule has 29 heavy (non-hydrogen) atoms. The van der Waals surface area contributed by atoms with Crippen LogP contribution in [-0.4, -0.2) is 44.4 Å². The average Bonchev–Trinajstić information content (AvgIpc) is 3.39. The third kappa shape index (κ3) is 4.77. The maximum atomic E-state index is 6.10. The van der Waals surface area contributed by atoms with E-state index >= 15 is 0 Å². The van der Waals surface area contributed by atoms with Crippen molar-refractivity contribution in [3.8, 4) is 0 Å². The number of para-hydroxylation sites is 1. The van der Waals surface area contributed by atoms with E-state index in [1.807, 2.05) is 30.3 Å². The summed E-state index contributed by atoms with van der Waals surface area (Å²) in [6, 6.07) is 16.5. The Hall–Kier alpha value is -2.44. The minimum Gasteiger partial charge on any atom is -0.463 e. The van der Waals surface area contributed by atoms with E-state index in [4.69, 9.17) is 32.7 Å². The van der Waals surface area contributed by atoms with Gasteiger partial charge in [-0.3, -0.25) is 5.32 Å². The fraction of sp³-hybridized carbons (Fsp3) is 0.333. The Balaban J connectivity index is 1.37. The van der Waals surface area contributed by atoms with E-state index in [9.17, 15) is 0 Å². The number of anilines is 1. The molecule has 2 aromatic rings. The zero-order valence-electron chi connectivity index (χ0n) is 16.0. The molecule has 0 saturated heterocycles. The average molecular weight is 433 g/mol. The summed E-state index contributed by atoms with van der Waals surface area (Å²) in [6.07, 6.45) is 0. The quantitative estimate of drug-likeness (QED) is 0.765. The predicted molar refractivity (Wildman–Crippen MR) is 117 cm³/mol. The van der Waals surface area contributed by atoms with Crippen molar-refractivity contribution in [2.24, 2.45) is 9.98 Å². The lowest BCUT2D eigenvalue weighted by atomic mass is 10.1. The number of benzene rings is 2. The van der Waals surface area contributed by atoms with Gasteiger partial charge in [0, 0.05) is 18.8 Å². The number of aliphatic imine (C=N–C) groups is 2. The number of likely N-dealkylation sites (N-methyl/N-ethyl adjacent to an activating group) is 1. The van der Waals surface area contributed by atoms with E-state index in [1.54, 1.807) is 6.07 Å². The van der Waals surface area contributed by atoms with Gasteiger partial charge in [0.25, 0.3) is 12.0 Å². The SMILES string of the molecule is CCN(C[C@H]1COC(NC2=N[C@@H](c3ccc(Cl)c(Cl)c3)CO2)=N1)c1ccccc1. The molecule has 0 aliphatic carbocycles. The normalized spacial score (nSPS) is 20.5. The molecule has 2 aliphatic heterocycles. The van der Waals surface area contributed by atoms with Gasteiger partial charge < -0.3 is 14.4 Å². The van der Waals surface area contributed by atoms with E-state index < -0.39 is 0 Å². The fourth-order valence-electron chi connectivity index (χ4n) is 3.31. The van der Waals surface area contributed by atoms with Crippen molar-refractivity contribution in [3.05, 3.63) is 64.1 Å². The number of amidine groups is 2. The van der Waals surface area contributed by atoms with Crippen LogP contribution in [-0.2, 0) is 9.47 Å². The summed E-state index contributed by atoms with van der Waals surface area (Å²) >= 11 is 12.1. The molecule has 0 bridgehead atoms. The largest absolute Gasteiger partial charge is 0.463 e. The van der Waals surface area contributed by atoms with E-state index in [2.05, 4.69) is 39.3 Å². The summed E-state index contributed by atoms with van der Waals surface area (Å²) in [6.45, 7) is 4.77. The topological polar surface area (TPSA) is 58.5 Å². The molecule has 0 unspecified atom stereocenters. The maximum Gasteiger partial charge on any atom is 0.293 e. The van der Waals surface area contributed by atoms with Crippen LogP contribution in [0.4, 0.5) is 5.69 Å². The Morgan fingerprint density at radius 3 is 2.52 bits per heavy atom. The van der Waals surface area contributed by atoms with Crippen LogP contribution in [0.3, 0.4) is 0 Å². The van der Waals surface area contributed by atoms with E-state index in [1.165, 1.54) is 5.69 Å². The Kier molecular flexibility index (Phi) is 6.11. The van der Waals surface area contributed by atoms with Crippen molar-refractivity contribution in [3.63, 3.8) is 0 Å². The van der Waals surface area contributed by atoms with Crippen molar-refractivity contribution in [2.75, 3.05) is 31.2 Å². The highest BCUT2D eigenvalue weighted by molar-refractivity contribution is 6.42. The number of halogens is 2. The minimum atomic E-state index is -0.140. The van der Waals surface area contributed by atoms with Gasteiger partial charge in [-0.15, -0.1) is 0 Å². The molecular weight excluding hydrogens is 411 g/mol. The van der Waals surface area contributed by atoms with Crippen molar-refractivity contribution < 1.29 is 9.47 Å². The van der Waals surface area contributed by atoms with Gasteiger partial charge in [0.1, 0.15) is 25.3 Å². The number of rotatable bonds is 5. The van der Waals surface area contributed by atoms with Crippen molar-refractivity contribution in [1.29, 1.82) is 0 Å². The van der Waals surface area contributed by atoms with Crippen LogP contribution in [0.15, 0.2) is 58.5 Å². The first-order valence-electron chi connectivity index (χ1n) is 9.55. The first-order valence-corrected chi connectivity index (χ1v) is 10.3. The summed E-state index contributed by atoms with van der Waals surface area (Å²) in [5.41, 5.74) is 2.13. The zero-order valence-corrected chi connectivity index (χ0v) is 17.5. The molecule has 2 atom stereocenters. The Morgan fingerprint density at radius 2 is 1.76 bits per heavy atom. The highest BCUT2D eigenvalue weighted by Crippen LogP contribution is 2.29. The third-order valence-electron chi connectivity index (χ3n) is 4.84. The van der Waals surface area contributed by atoms with Gasteiger partial charge in [0.2, 0.25) is 0 Å². The molecule has 6 nitrogen and oxygen atoms in total. The molecule has 8 heteroatoms. The van der Waals surface area contributed by atoms with Crippen LogP contribution < -0.4 is 10.2 Å². The molecule has 2 aliphatic rings. The van der Waals surface area contributed by atoms with Crippen LogP contribution in [0.2, 0.25) is 10.0 Å². The van der Waals surface area contributed by atoms with Crippen molar-refractivity contribution in [2.45, 2.75) is 19.0 Å². The Bertz CT molecular complexity index is 920. The number of nitrogens with one attached hydrogen (secondary N) is 1. The Labute approximate surface area is 180 Å². The smallest absolute Gasteiger partial charge is 0.293 e. The van der Waals surface area contributed by atoms with Crippen LogP contribution >= 0.6 is 23.2 Å². The first kappa shape index (κ1) is 19.9. The van der Waals surface area contributed by atoms with Gasteiger partial charge in [-0.25, -0.2) is 9.98 Å². The van der Waals surface area contributed by atoms with E-state index in [0.29, 0.717) is 35.3 Å². The lowest BCUT2D eigenvalue weighted by Crippen LogP contribution is -2.32. The first-order chi connectivity index (χ1) is 14.1. The second kappa shape index (κ2) is 8.93. The van der Waals surface area contributed by atoms with Crippen LogP contribution in [0.25, 0.3) is 0 Å². The van der Waals surface area contributed by atoms with Crippen LogP contribution in [0, 0.1) is 0 Å². The molecule has 152 valence electrons. The van der Waals surface area contributed by atoms with Gasteiger partial charge in [-0.1, -0.05) is 47.5 Å². The second-order valence-corrected chi connectivity index (χ2v) is 7.65. The molecule has 0 saturated carbocycles. The lowest BCUT2D eigenvalue weighted by molar-refractivity contribution is 0.292. The van der Waals surface area contributed by atoms with Crippen molar-refractivity contribution >= 4 is 40.9 Å². The van der Waals surface area contributed by atoms with E-state index in [0.717, 1.165) is 18.7 Å². The van der Waals surface area contributed by atoms with E-state index in [-0.39, 0.29) is 12.1 Å². The molecular formula is C21H22Cl2N4O2. The molecule has 2 heterocycles. The molecule has 2 aromatic carbocycles. The van der Waals surface area contributed by atoms with Gasteiger partial charge >= 0.3 is 0 Å². The molecule has 0 aromatic heterocycles. The van der Waals surface area contributed by atoms with Gasteiger partial charge in [0.15, 0.2) is 0 Å². The molecule has 0 radical (unpaired) electrons. The highest BCUT2D eigenvalue weighted by atomic mass is 35.5. The summed E-state index contributed by atoms with van der Waals surface area (Å²) in [5, 5.41) is 4.07. The van der Waals surface area contributed by atoms with Gasteiger partial charge in [-0.05, 0) is 36.8 Å². The summed E-state index contributed by atoms with van der Waals surface area (Å²) in [4.78, 5) is 11.5. The number of hydrogen-bond acceptors (Lipinski definition) is 6. The van der Waals surface area contributed by atoms with Crippen LogP contribution in [0.5, 0.6) is 0 Å². The van der Waals surface area contributed by atoms with Crippen molar-refractivity contribution in [1.82, 2.24) is 5.32 Å². The standard InChI is InChI=1S/C21H22Cl2N4O2/c1-2-27(16-6-4-3-5-7-16)11-15-12-28-20(24-15)26-21-25-19(13-29-21)14-8-9-17(22)18(23)10-14/h3-10,15,19H,2,11-13H2,1H3,(H,24,25,26)/t15-,19+/m0/s1. The third-order valence-corrected chi connectivity index (χ3v) is 5.58. The lowest BCUT2D eigenvalue weighted by Gasteiger charge is -2.24. The molecule has 0 fully saturated rings. The molecule has 0 amide bonds.